The van der Waals surface area contributed by atoms with Gasteiger partial charge in [-0.2, -0.15) is 9.97 Å². The molecule has 1 aromatic carbocycles. The number of hydrogen-bond acceptors (Lipinski definition) is 7. The van der Waals surface area contributed by atoms with Gasteiger partial charge in [-0.15, -0.1) is 0 Å². The first-order chi connectivity index (χ1) is 15.9. The topological polar surface area (TPSA) is 95.0 Å². The summed E-state index contributed by atoms with van der Waals surface area (Å²) < 4.78 is 21.6. The summed E-state index contributed by atoms with van der Waals surface area (Å²) in [4.78, 5) is 19.6. The summed E-state index contributed by atoms with van der Waals surface area (Å²) in [6.07, 6.45) is 4.62. The molecule has 8 nitrogen and oxygen atoms in total. The molecule has 2 N–H and O–H groups in total. The molecule has 0 fully saturated rings. The Morgan fingerprint density at radius 3 is 2.52 bits per heavy atom. The Hall–Kier alpha value is -3.59. The van der Waals surface area contributed by atoms with Crippen molar-refractivity contribution < 1.29 is 9.13 Å². The van der Waals surface area contributed by atoms with Crippen LogP contribution in [0.15, 0.2) is 42.7 Å². The first kappa shape index (κ1) is 22.6. The third kappa shape index (κ3) is 5.25. The third-order valence-electron chi connectivity index (χ3n) is 5.16. The van der Waals surface area contributed by atoms with Crippen LogP contribution in [0.5, 0.6) is 6.01 Å². The monoisotopic (exact) mass is 449 g/mol. The molecule has 0 unspecified atom stereocenters. The Kier molecular flexibility index (Phi) is 6.79. The van der Waals surface area contributed by atoms with Gasteiger partial charge in [0.05, 0.1) is 19.3 Å². The van der Waals surface area contributed by atoms with Gasteiger partial charge in [0, 0.05) is 18.3 Å². The van der Waals surface area contributed by atoms with Crippen molar-refractivity contribution in [1.82, 2.24) is 29.4 Å². The number of anilines is 1. The standard InChI is InChI=1S/C24H28FN7O/c1-4-5-10-33-24-29-21(26)20-23(30-24)32(22(28-20)18-11-19(25)13-27-12-18)15-17-8-6-16(7-9-17)14-31(2)3/h6-9,11-13H,4-5,10,14-15H2,1-3H3,(H2,26,29,30). The first-order valence-corrected chi connectivity index (χ1v) is 10.9. The van der Waals surface area contributed by atoms with Crippen molar-refractivity contribution in [3.63, 3.8) is 0 Å². The highest BCUT2D eigenvalue weighted by atomic mass is 19.1. The van der Waals surface area contributed by atoms with E-state index in [0.717, 1.165) is 31.1 Å². The molecule has 0 bridgehead atoms. The van der Waals surface area contributed by atoms with Gasteiger partial charge in [0.2, 0.25) is 0 Å². The molecule has 0 saturated carbocycles. The zero-order chi connectivity index (χ0) is 23.4. The number of benzene rings is 1. The normalized spacial score (nSPS) is 11.4. The number of ether oxygens (including phenoxy) is 1. The van der Waals surface area contributed by atoms with Crippen molar-refractivity contribution in [2.75, 3.05) is 26.4 Å². The number of fused-ring (bicyclic) bond motifs is 1. The van der Waals surface area contributed by atoms with Crippen LogP contribution in [0, 0.1) is 5.82 Å². The van der Waals surface area contributed by atoms with E-state index in [4.69, 9.17) is 10.5 Å². The van der Waals surface area contributed by atoms with Crippen molar-refractivity contribution in [3.8, 4) is 17.4 Å². The van der Waals surface area contributed by atoms with E-state index < -0.39 is 5.82 Å². The zero-order valence-electron chi connectivity index (χ0n) is 19.1. The van der Waals surface area contributed by atoms with Crippen molar-refractivity contribution in [3.05, 3.63) is 59.7 Å². The minimum Gasteiger partial charge on any atom is -0.463 e. The van der Waals surface area contributed by atoms with Gasteiger partial charge >= 0.3 is 6.01 Å². The van der Waals surface area contributed by atoms with Gasteiger partial charge in [-0.3, -0.25) is 4.98 Å². The molecule has 0 spiro atoms. The quantitative estimate of drug-likeness (QED) is 0.387. The zero-order valence-corrected chi connectivity index (χ0v) is 19.1. The van der Waals surface area contributed by atoms with Crippen LogP contribution in [0.2, 0.25) is 0 Å². The molecule has 33 heavy (non-hydrogen) atoms. The second-order valence-electron chi connectivity index (χ2n) is 8.23. The maximum Gasteiger partial charge on any atom is 0.320 e. The Bertz CT molecular complexity index is 1240. The number of imidazole rings is 1. The van der Waals surface area contributed by atoms with Crippen molar-refractivity contribution in [2.24, 2.45) is 0 Å². The second-order valence-corrected chi connectivity index (χ2v) is 8.23. The van der Waals surface area contributed by atoms with Crippen molar-refractivity contribution in [1.29, 1.82) is 0 Å². The number of nitrogen functional groups attached to an aromatic ring is 1. The van der Waals surface area contributed by atoms with Crippen LogP contribution >= 0.6 is 0 Å². The van der Waals surface area contributed by atoms with Crippen LogP contribution in [-0.2, 0) is 13.1 Å². The molecule has 0 aliphatic rings. The molecule has 172 valence electrons. The van der Waals surface area contributed by atoms with E-state index in [1.165, 1.54) is 11.6 Å². The summed E-state index contributed by atoms with van der Waals surface area (Å²) in [6.45, 7) is 3.91. The number of hydrogen-bond donors (Lipinski definition) is 1. The number of unbranched alkanes of at least 4 members (excludes halogenated alkanes) is 1. The molecule has 3 heterocycles. The Balaban J connectivity index is 1.79. The summed E-state index contributed by atoms with van der Waals surface area (Å²) in [7, 11) is 4.07. The molecule has 9 heteroatoms. The van der Waals surface area contributed by atoms with Crippen LogP contribution < -0.4 is 10.5 Å². The fourth-order valence-electron chi connectivity index (χ4n) is 3.58. The summed E-state index contributed by atoms with van der Waals surface area (Å²) in [5.41, 5.74) is 9.98. The highest BCUT2D eigenvalue weighted by Gasteiger charge is 2.19. The SMILES string of the molecule is CCCCOc1nc(N)c2nc(-c3cncc(F)c3)n(Cc3ccc(CN(C)C)cc3)c2n1. The van der Waals surface area contributed by atoms with Crippen LogP contribution in [0.25, 0.3) is 22.6 Å². The molecule has 3 aromatic heterocycles. The molecular weight excluding hydrogens is 421 g/mol. The summed E-state index contributed by atoms with van der Waals surface area (Å²) in [6, 6.07) is 9.94. The largest absolute Gasteiger partial charge is 0.463 e. The number of pyridine rings is 1. The fourth-order valence-corrected chi connectivity index (χ4v) is 3.58. The van der Waals surface area contributed by atoms with Gasteiger partial charge in [-0.05, 0) is 37.7 Å². The predicted molar refractivity (Wildman–Crippen MR) is 126 cm³/mol. The minimum absolute atomic E-state index is 0.208. The van der Waals surface area contributed by atoms with E-state index in [2.05, 4.69) is 56.0 Å². The number of nitrogens with zero attached hydrogens (tertiary/aromatic N) is 6. The van der Waals surface area contributed by atoms with E-state index >= 15 is 0 Å². The van der Waals surface area contributed by atoms with Crippen LogP contribution in [0.3, 0.4) is 0 Å². The number of halogens is 1. The Labute approximate surface area is 192 Å². The fraction of sp³-hybridized carbons (Fsp3) is 0.333. The lowest BCUT2D eigenvalue weighted by Gasteiger charge is -2.12. The minimum atomic E-state index is -0.443. The van der Waals surface area contributed by atoms with E-state index in [1.807, 2.05) is 18.7 Å². The molecular formula is C24H28FN7O. The van der Waals surface area contributed by atoms with Gasteiger partial charge in [-0.1, -0.05) is 37.6 Å². The smallest absolute Gasteiger partial charge is 0.320 e. The van der Waals surface area contributed by atoms with E-state index in [-0.39, 0.29) is 11.8 Å². The third-order valence-corrected chi connectivity index (χ3v) is 5.16. The Morgan fingerprint density at radius 2 is 1.82 bits per heavy atom. The molecule has 4 rings (SSSR count). The van der Waals surface area contributed by atoms with Crippen LogP contribution in [0.4, 0.5) is 10.2 Å². The van der Waals surface area contributed by atoms with Crippen molar-refractivity contribution >= 4 is 17.0 Å². The maximum absolute atomic E-state index is 14.0. The maximum atomic E-state index is 14.0. The van der Waals surface area contributed by atoms with Crippen molar-refractivity contribution in [2.45, 2.75) is 32.9 Å². The molecule has 0 radical (unpaired) electrons. The van der Waals surface area contributed by atoms with Gasteiger partial charge < -0.3 is 19.9 Å². The number of nitrogens with two attached hydrogens (primary N) is 1. The number of rotatable bonds is 9. The number of aromatic nitrogens is 5. The summed E-state index contributed by atoms with van der Waals surface area (Å²) in [5.74, 6) is 0.292. The summed E-state index contributed by atoms with van der Waals surface area (Å²) >= 11 is 0. The van der Waals surface area contributed by atoms with Gasteiger partial charge in [0.1, 0.15) is 11.6 Å². The predicted octanol–water partition coefficient (Wildman–Crippen LogP) is 3.90. The molecule has 4 aromatic rings. The van der Waals surface area contributed by atoms with Gasteiger partial charge in [-0.25, -0.2) is 9.37 Å². The molecule has 0 aliphatic carbocycles. The van der Waals surface area contributed by atoms with E-state index in [1.54, 1.807) is 6.20 Å². The summed E-state index contributed by atoms with van der Waals surface area (Å²) in [5, 5.41) is 0. The lowest BCUT2D eigenvalue weighted by Crippen LogP contribution is -2.10. The van der Waals surface area contributed by atoms with Crippen LogP contribution in [0.1, 0.15) is 30.9 Å². The molecule has 0 aliphatic heterocycles. The first-order valence-electron chi connectivity index (χ1n) is 10.9. The Morgan fingerprint density at radius 1 is 1.06 bits per heavy atom. The highest BCUT2D eigenvalue weighted by Crippen LogP contribution is 2.28. The molecule has 0 amide bonds. The lowest BCUT2D eigenvalue weighted by molar-refractivity contribution is 0.286. The molecule has 0 atom stereocenters. The van der Waals surface area contributed by atoms with E-state index in [9.17, 15) is 4.39 Å². The highest BCUT2D eigenvalue weighted by molar-refractivity contribution is 5.85. The van der Waals surface area contributed by atoms with Crippen LogP contribution in [-0.4, -0.2) is 50.1 Å². The van der Waals surface area contributed by atoms with Gasteiger partial charge in [0.25, 0.3) is 0 Å². The average Bonchev–Trinajstić information content (AvgIpc) is 3.14. The lowest BCUT2D eigenvalue weighted by atomic mass is 10.1. The average molecular weight is 450 g/mol. The molecule has 0 saturated heterocycles. The van der Waals surface area contributed by atoms with Gasteiger partial charge in [0.15, 0.2) is 17.0 Å². The second kappa shape index (κ2) is 9.91. The van der Waals surface area contributed by atoms with E-state index in [0.29, 0.717) is 35.7 Å².